The van der Waals surface area contributed by atoms with Crippen molar-refractivity contribution in [1.82, 2.24) is 4.90 Å². The van der Waals surface area contributed by atoms with Gasteiger partial charge in [0.1, 0.15) is 15.8 Å². The van der Waals surface area contributed by atoms with Gasteiger partial charge in [0.2, 0.25) is 5.91 Å². The zero-order chi connectivity index (χ0) is 22.9. The molecule has 1 aliphatic rings. The molecule has 32 heavy (non-hydrogen) atoms. The number of nitrogens with zero attached hydrogens (tertiary/aromatic N) is 1. The van der Waals surface area contributed by atoms with Crippen LogP contribution in [0.15, 0.2) is 53.4 Å². The van der Waals surface area contributed by atoms with Gasteiger partial charge in [-0.05, 0) is 60.9 Å². The predicted octanol–water partition coefficient (Wildman–Crippen LogP) is 5.10. The van der Waals surface area contributed by atoms with E-state index in [1.54, 1.807) is 31.3 Å². The van der Waals surface area contributed by atoms with E-state index >= 15 is 0 Å². The number of rotatable bonds is 10. The van der Waals surface area contributed by atoms with Crippen LogP contribution in [0.25, 0.3) is 6.08 Å². The molecular weight excluding hydrogens is 444 g/mol. The quantitative estimate of drug-likeness (QED) is 0.296. The van der Waals surface area contributed by atoms with Crippen molar-refractivity contribution in [2.75, 3.05) is 26.1 Å². The summed E-state index contributed by atoms with van der Waals surface area (Å²) in [4.78, 5) is 27.1. The van der Waals surface area contributed by atoms with Crippen LogP contribution in [0.5, 0.6) is 11.5 Å². The SMILES string of the molecule is COc1ccc(C=C2SC(=S)N(CCCCCC(=O)Nc3ccc(OC)cc3)C2=O)cc1. The molecule has 1 aliphatic heterocycles. The van der Waals surface area contributed by atoms with Gasteiger partial charge in [-0.3, -0.25) is 14.5 Å². The van der Waals surface area contributed by atoms with E-state index in [4.69, 9.17) is 21.7 Å². The highest BCUT2D eigenvalue weighted by Crippen LogP contribution is 2.33. The molecule has 1 heterocycles. The van der Waals surface area contributed by atoms with Crippen molar-refractivity contribution >= 4 is 51.9 Å². The van der Waals surface area contributed by atoms with Gasteiger partial charge in [-0.15, -0.1) is 0 Å². The number of ether oxygens (including phenoxy) is 2. The Morgan fingerprint density at radius 3 is 2.25 bits per heavy atom. The molecule has 6 nitrogen and oxygen atoms in total. The van der Waals surface area contributed by atoms with Crippen LogP contribution in [-0.4, -0.2) is 41.8 Å². The Morgan fingerprint density at radius 1 is 1.00 bits per heavy atom. The summed E-state index contributed by atoms with van der Waals surface area (Å²) in [5.74, 6) is 1.43. The minimum atomic E-state index is -0.0620. The Kier molecular flexibility index (Phi) is 8.70. The molecule has 0 spiro atoms. The van der Waals surface area contributed by atoms with Crippen molar-refractivity contribution in [2.45, 2.75) is 25.7 Å². The number of hydrogen-bond acceptors (Lipinski definition) is 6. The van der Waals surface area contributed by atoms with Gasteiger partial charge in [0.15, 0.2) is 0 Å². The average molecular weight is 471 g/mol. The monoisotopic (exact) mass is 470 g/mol. The topological polar surface area (TPSA) is 67.9 Å². The summed E-state index contributed by atoms with van der Waals surface area (Å²) in [6, 6.07) is 14.8. The number of nitrogens with one attached hydrogen (secondary N) is 1. The van der Waals surface area contributed by atoms with E-state index in [2.05, 4.69) is 5.32 Å². The first-order valence-electron chi connectivity index (χ1n) is 10.3. The smallest absolute Gasteiger partial charge is 0.266 e. The first-order valence-corrected chi connectivity index (χ1v) is 11.6. The third kappa shape index (κ3) is 6.58. The molecule has 0 radical (unpaired) electrons. The van der Waals surface area contributed by atoms with Crippen molar-refractivity contribution in [3.8, 4) is 11.5 Å². The fourth-order valence-electron chi connectivity index (χ4n) is 3.17. The van der Waals surface area contributed by atoms with Crippen LogP contribution < -0.4 is 14.8 Å². The maximum Gasteiger partial charge on any atom is 0.266 e. The van der Waals surface area contributed by atoms with Crippen LogP contribution >= 0.6 is 24.0 Å². The number of carbonyl (C=O) groups is 2. The highest BCUT2D eigenvalue weighted by molar-refractivity contribution is 8.26. The van der Waals surface area contributed by atoms with E-state index in [0.29, 0.717) is 22.2 Å². The van der Waals surface area contributed by atoms with Crippen LogP contribution in [-0.2, 0) is 9.59 Å². The molecule has 0 saturated carbocycles. The third-order valence-electron chi connectivity index (χ3n) is 4.95. The Bertz CT molecular complexity index is 988. The van der Waals surface area contributed by atoms with Gasteiger partial charge in [0.05, 0.1) is 19.1 Å². The Hall–Kier alpha value is -2.84. The summed E-state index contributed by atoms with van der Waals surface area (Å²) in [6.45, 7) is 0.560. The van der Waals surface area contributed by atoms with E-state index in [1.165, 1.54) is 11.8 Å². The largest absolute Gasteiger partial charge is 0.497 e. The van der Waals surface area contributed by atoms with Gasteiger partial charge in [0.25, 0.3) is 5.91 Å². The van der Waals surface area contributed by atoms with Crippen molar-refractivity contribution in [1.29, 1.82) is 0 Å². The molecular formula is C24H26N2O4S2. The second kappa shape index (κ2) is 11.7. The van der Waals surface area contributed by atoms with Gasteiger partial charge in [-0.25, -0.2) is 0 Å². The zero-order valence-electron chi connectivity index (χ0n) is 18.1. The number of carbonyl (C=O) groups excluding carboxylic acids is 2. The molecule has 1 fully saturated rings. The number of methoxy groups -OCH3 is 2. The molecule has 2 aromatic rings. The molecule has 0 aromatic heterocycles. The van der Waals surface area contributed by atoms with Crippen LogP contribution in [0.1, 0.15) is 31.2 Å². The van der Waals surface area contributed by atoms with Gasteiger partial charge < -0.3 is 14.8 Å². The van der Waals surface area contributed by atoms with E-state index in [-0.39, 0.29) is 11.8 Å². The van der Waals surface area contributed by atoms with E-state index in [1.807, 2.05) is 42.5 Å². The molecule has 0 bridgehead atoms. The molecule has 2 amide bonds. The number of anilines is 1. The molecule has 3 rings (SSSR count). The Morgan fingerprint density at radius 2 is 1.62 bits per heavy atom. The minimum absolute atomic E-state index is 0.0248. The molecule has 0 aliphatic carbocycles. The molecule has 168 valence electrons. The summed E-state index contributed by atoms with van der Waals surface area (Å²) in [5, 5.41) is 2.88. The summed E-state index contributed by atoms with van der Waals surface area (Å²) in [7, 11) is 3.22. The van der Waals surface area contributed by atoms with Crippen LogP contribution in [0.4, 0.5) is 5.69 Å². The Balaban J connectivity index is 1.40. The van der Waals surface area contributed by atoms with E-state index in [9.17, 15) is 9.59 Å². The molecule has 8 heteroatoms. The normalized spacial score (nSPS) is 14.7. The number of unbranched alkanes of at least 4 members (excludes halogenated alkanes) is 2. The minimum Gasteiger partial charge on any atom is -0.497 e. The lowest BCUT2D eigenvalue weighted by Crippen LogP contribution is -2.29. The summed E-state index contributed by atoms with van der Waals surface area (Å²) >= 11 is 6.72. The number of hydrogen-bond donors (Lipinski definition) is 1. The Labute approximate surface area is 198 Å². The van der Waals surface area contributed by atoms with Gasteiger partial charge in [-0.2, -0.15) is 0 Å². The number of thiocarbonyl (C=S) groups is 1. The lowest BCUT2D eigenvalue weighted by molar-refractivity contribution is -0.122. The maximum atomic E-state index is 12.7. The van der Waals surface area contributed by atoms with Crippen LogP contribution in [0.3, 0.4) is 0 Å². The molecule has 0 unspecified atom stereocenters. The van der Waals surface area contributed by atoms with Crippen molar-refractivity contribution < 1.29 is 19.1 Å². The fraction of sp³-hybridized carbons (Fsp3) is 0.292. The maximum absolute atomic E-state index is 12.7. The number of thioether (sulfide) groups is 1. The van der Waals surface area contributed by atoms with E-state index in [0.717, 1.165) is 42.0 Å². The zero-order valence-corrected chi connectivity index (χ0v) is 19.8. The number of benzene rings is 2. The van der Waals surface area contributed by atoms with Crippen LogP contribution in [0.2, 0.25) is 0 Å². The highest BCUT2D eigenvalue weighted by Gasteiger charge is 2.31. The third-order valence-corrected chi connectivity index (χ3v) is 6.32. The van der Waals surface area contributed by atoms with Crippen molar-refractivity contribution in [3.63, 3.8) is 0 Å². The second-order valence-corrected chi connectivity index (χ2v) is 8.87. The standard InChI is InChI=1S/C24H26N2O4S2/c1-29-19-11-7-17(8-12-19)16-21-23(28)26(24(31)32-21)15-5-3-4-6-22(27)25-18-9-13-20(30-2)14-10-18/h7-14,16H,3-6,15H2,1-2H3,(H,25,27). The van der Waals surface area contributed by atoms with Crippen molar-refractivity contribution in [3.05, 3.63) is 59.0 Å². The second-order valence-electron chi connectivity index (χ2n) is 7.19. The fourth-order valence-corrected chi connectivity index (χ4v) is 4.48. The highest BCUT2D eigenvalue weighted by atomic mass is 32.2. The lowest BCUT2D eigenvalue weighted by atomic mass is 10.1. The first-order chi connectivity index (χ1) is 15.5. The lowest BCUT2D eigenvalue weighted by Gasteiger charge is -2.14. The van der Waals surface area contributed by atoms with Gasteiger partial charge >= 0.3 is 0 Å². The summed E-state index contributed by atoms with van der Waals surface area (Å²) in [6.07, 6.45) is 4.66. The average Bonchev–Trinajstić information content (AvgIpc) is 3.07. The number of amides is 2. The van der Waals surface area contributed by atoms with Crippen molar-refractivity contribution in [2.24, 2.45) is 0 Å². The molecule has 1 saturated heterocycles. The van der Waals surface area contributed by atoms with Gasteiger partial charge in [-0.1, -0.05) is 42.5 Å². The summed E-state index contributed by atoms with van der Waals surface area (Å²) in [5.41, 5.74) is 1.67. The van der Waals surface area contributed by atoms with Crippen LogP contribution in [0, 0.1) is 0 Å². The first kappa shape index (κ1) is 23.8. The predicted molar refractivity (Wildman–Crippen MR) is 133 cm³/mol. The van der Waals surface area contributed by atoms with Gasteiger partial charge in [0, 0.05) is 18.7 Å². The molecule has 1 N–H and O–H groups in total. The van der Waals surface area contributed by atoms with E-state index < -0.39 is 0 Å². The summed E-state index contributed by atoms with van der Waals surface area (Å²) < 4.78 is 10.8. The molecule has 2 aromatic carbocycles. The molecule has 0 atom stereocenters.